The molecule has 3 unspecified atom stereocenters. The zero-order valence-electron chi connectivity index (χ0n) is 34.7. The number of hydrogen-bond acceptors (Lipinski definition) is 6. The molecule has 0 aromatic heterocycles. The van der Waals surface area contributed by atoms with Gasteiger partial charge in [0.1, 0.15) is 13.2 Å². The van der Waals surface area contributed by atoms with Crippen molar-refractivity contribution in [3.63, 3.8) is 0 Å². The lowest BCUT2D eigenvalue weighted by Crippen LogP contribution is -2.45. The lowest BCUT2D eigenvalue weighted by molar-refractivity contribution is -0.870. The average molecular weight is 765 g/mol. The van der Waals surface area contributed by atoms with E-state index in [2.05, 4.69) is 67.8 Å². The minimum atomic E-state index is -4.60. The van der Waals surface area contributed by atoms with E-state index in [0.29, 0.717) is 17.4 Å². The maximum absolute atomic E-state index is 12.8. The van der Waals surface area contributed by atoms with Crippen LogP contribution in [0.3, 0.4) is 0 Å². The van der Waals surface area contributed by atoms with Crippen LogP contribution in [0.15, 0.2) is 60.8 Å². The van der Waals surface area contributed by atoms with E-state index in [9.17, 15) is 19.4 Å². The van der Waals surface area contributed by atoms with Crippen LogP contribution >= 0.6 is 7.82 Å². The standard InChI is InChI=1S/C44H81N2O6P/c1-6-8-10-12-14-16-18-20-22-23-24-26-28-30-32-34-36-38-44(48)45-42(41-52-53(49,50)51-40-39-46(3,4)5)43(47)37-35-33-31-29-27-25-21-19-17-15-13-11-9-7-2/h14,16-17,19-20,22,27,29,35,37,42-43,47H,6-13,15,18,21,23-26,28,30-34,36,38-41H2,1-5H3,(H-,45,48,49,50)/b16-14-,19-17+,22-20-,29-27+,37-35+. The molecule has 0 heterocycles. The van der Waals surface area contributed by atoms with Gasteiger partial charge in [0.05, 0.1) is 39.9 Å². The van der Waals surface area contributed by atoms with Gasteiger partial charge in [0.15, 0.2) is 0 Å². The van der Waals surface area contributed by atoms with Crippen LogP contribution in [0, 0.1) is 0 Å². The van der Waals surface area contributed by atoms with Crippen LogP contribution in [-0.4, -0.2) is 68.5 Å². The molecule has 0 aliphatic heterocycles. The maximum Gasteiger partial charge on any atom is 0.268 e. The molecule has 0 fully saturated rings. The summed E-state index contributed by atoms with van der Waals surface area (Å²) in [4.78, 5) is 25.2. The molecular formula is C44H81N2O6P. The van der Waals surface area contributed by atoms with Crippen molar-refractivity contribution < 1.29 is 32.9 Å². The molecular weight excluding hydrogens is 683 g/mol. The van der Waals surface area contributed by atoms with Crippen molar-refractivity contribution in [2.24, 2.45) is 0 Å². The van der Waals surface area contributed by atoms with Gasteiger partial charge >= 0.3 is 0 Å². The normalized spacial score (nSPS) is 15.1. The number of likely N-dealkylation sites (N-methyl/N-ethyl adjacent to an activating group) is 1. The van der Waals surface area contributed by atoms with Crippen LogP contribution in [0.4, 0.5) is 0 Å². The number of nitrogens with zero attached hydrogens (tertiary/aromatic N) is 1. The number of phosphoric acid groups is 1. The third-order valence-electron chi connectivity index (χ3n) is 8.93. The van der Waals surface area contributed by atoms with E-state index in [1.165, 1.54) is 70.6 Å². The van der Waals surface area contributed by atoms with Crippen LogP contribution in [-0.2, 0) is 18.4 Å². The van der Waals surface area contributed by atoms with Crippen molar-refractivity contribution in [2.75, 3.05) is 40.9 Å². The molecule has 3 atom stereocenters. The smallest absolute Gasteiger partial charge is 0.268 e. The summed E-state index contributed by atoms with van der Waals surface area (Å²) < 4.78 is 23.1. The molecule has 1 amide bonds. The first-order chi connectivity index (χ1) is 25.5. The van der Waals surface area contributed by atoms with Crippen LogP contribution in [0.2, 0.25) is 0 Å². The van der Waals surface area contributed by atoms with Crippen molar-refractivity contribution in [1.82, 2.24) is 5.32 Å². The molecule has 53 heavy (non-hydrogen) atoms. The van der Waals surface area contributed by atoms with Crippen molar-refractivity contribution >= 4 is 13.7 Å². The monoisotopic (exact) mass is 765 g/mol. The number of rotatable bonds is 37. The Morgan fingerprint density at radius 1 is 0.660 bits per heavy atom. The third-order valence-corrected chi connectivity index (χ3v) is 9.89. The van der Waals surface area contributed by atoms with E-state index in [1.54, 1.807) is 6.08 Å². The molecule has 0 aromatic rings. The minimum Gasteiger partial charge on any atom is -0.756 e. The third kappa shape index (κ3) is 38.3. The van der Waals surface area contributed by atoms with Gasteiger partial charge in [-0.2, -0.15) is 0 Å². The Labute approximate surface area is 326 Å². The predicted octanol–water partition coefficient (Wildman–Crippen LogP) is 10.8. The Morgan fingerprint density at radius 2 is 1.11 bits per heavy atom. The summed E-state index contributed by atoms with van der Waals surface area (Å²) in [7, 11) is 1.22. The Bertz CT molecular complexity index is 1050. The Hall–Kier alpha value is -1.80. The summed E-state index contributed by atoms with van der Waals surface area (Å²) in [6.07, 6.45) is 45.5. The van der Waals surface area contributed by atoms with Crippen LogP contribution in [0.1, 0.15) is 162 Å². The molecule has 0 aliphatic carbocycles. The molecule has 0 radical (unpaired) electrons. The van der Waals surface area contributed by atoms with E-state index in [-0.39, 0.29) is 12.5 Å². The lowest BCUT2D eigenvalue weighted by Gasteiger charge is -2.29. The topological polar surface area (TPSA) is 108 Å². The second-order valence-corrected chi connectivity index (χ2v) is 16.7. The zero-order chi connectivity index (χ0) is 39.3. The number of allylic oxidation sites excluding steroid dienone is 9. The maximum atomic E-state index is 12.8. The number of hydrogen-bond donors (Lipinski definition) is 2. The molecule has 2 N–H and O–H groups in total. The van der Waals surface area contributed by atoms with E-state index in [0.717, 1.165) is 70.6 Å². The van der Waals surface area contributed by atoms with Crippen LogP contribution in [0.5, 0.6) is 0 Å². The van der Waals surface area contributed by atoms with Gasteiger partial charge in [0.25, 0.3) is 7.82 Å². The van der Waals surface area contributed by atoms with Gasteiger partial charge in [-0.05, 0) is 77.0 Å². The Balaban J connectivity index is 4.55. The molecule has 0 rings (SSSR count). The highest BCUT2D eigenvalue weighted by molar-refractivity contribution is 7.45. The van der Waals surface area contributed by atoms with E-state index in [1.807, 2.05) is 27.2 Å². The predicted molar refractivity (Wildman–Crippen MR) is 224 cm³/mol. The van der Waals surface area contributed by atoms with Crippen molar-refractivity contribution in [1.29, 1.82) is 0 Å². The van der Waals surface area contributed by atoms with Gasteiger partial charge in [0, 0.05) is 6.42 Å². The molecule has 8 nitrogen and oxygen atoms in total. The fourth-order valence-corrected chi connectivity index (χ4v) is 6.23. The fraction of sp³-hybridized carbons (Fsp3) is 0.750. The lowest BCUT2D eigenvalue weighted by atomic mass is 10.1. The first-order valence-corrected chi connectivity index (χ1v) is 22.6. The number of quaternary nitrogens is 1. The van der Waals surface area contributed by atoms with Crippen LogP contribution < -0.4 is 10.2 Å². The minimum absolute atomic E-state index is 0.0131. The van der Waals surface area contributed by atoms with Crippen LogP contribution in [0.25, 0.3) is 0 Å². The molecule has 9 heteroatoms. The largest absolute Gasteiger partial charge is 0.756 e. The number of phosphoric ester groups is 1. The first kappa shape index (κ1) is 51.2. The number of carbonyl (C=O) groups excluding carboxylic acids is 1. The van der Waals surface area contributed by atoms with Crippen molar-refractivity contribution in [3.05, 3.63) is 60.8 Å². The second-order valence-electron chi connectivity index (χ2n) is 15.3. The summed E-state index contributed by atoms with van der Waals surface area (Å²) in [5, 5.41) is 13.7. The van der Waals surface area contributed by atoms with E-state index >= 15 is 0 Å². The fourth-order valence-electron chi connectivity index (χ4n) is 5.51. The van der Waals surface area contributed by atoms with Gasteiger partial charge in [-0.1, -0.05) is 139 Å². The van der Waals surface area contributed by atoms with Crippen molar-refractivity contribution in [3.8, 4) is 0 Å². The molecule has 0 spiro atoms. The summed E-state index contributed by atoms with van der Waals surface area (Å²) in [5.74, 6) is -0.224. The number of amides is 1. The first-order valence-electron chi connectivity index (χ1n) is 21.2. The van der Waals surface area contributed by atoms with Crippen molar-refractivity contribution in [2.45, 2.75) is 174 Å². The zero-order valence-corrected chi connectivity index (χ0v) is 35.6. The molecule has 0 aromatic carbocycles. The van der Waals surface area contributed by atoms with Gasteiger partial charge in [-0.15, -0.1) is 0 Å². The number of carbonyl (C=O) groups is 1. The Morgan fingerprint density at radius 3 is 1.68 bits per heavy atom. The SMILES string of the molecule is CCCCC/C=C\C/C=C\CCCCCCCCCC(=O)NC(COP(=O)([O-])OCC[N+](C)(C)C)C(O)/C=C/CC/C=C/CC/C=C/CCCCCC. The highest BCUT2D eigenvalue weighted by Crippen LogP contribution is 2.38. The number of unbranched alkanes of at least 4 members (excludes halogenated alkanes) is 16. The molecule has 0 aliphatic rings. The van der Waals surface area contributed by atoms with E-state index in [4.69, 9.17) is 9.05 Å². The summed E-state index contributed by atoms with van der Waals surface area (Å²) in [5.41, 5.74) is 0. The summed E-state index contributed by atoms with van der Waals surface area (Å²) in [6, 6.07) is -0.914. The molecule has 0 saturated heterocycles. The van der Waals surface area contributed by atoms with Gasteiger partial charge in [0.2, 0.25) is 5.91 Å². The van der Waals surface area contributed by atoms with E-state index < -0.39 is 26.6 Å². The quantitative estimate of drug-likeness (QED) is 0.0282. The molecule has 308 valence electrons. The van der Waals surface area contributed by atoms with Gasteiger partial charge in [-0.25, -0.2) is 0 Å². The number of aliphatic hydroxyl groups excluding tert-OH is 1. The molecule has 0 bridgehead atoms. The highest BCUT2D eigenvalue weighted by Gasteiger charge is 2.23. The number of nitrogens with one attached hydrogen (secondary N) is 1. The summed E-state index contributed by atoms with van der Waals surface area (Å²) in [6.45, 7) is 4.54. The molecule has 0 saturated carbocycles. The number of aliphatic hydroxyl groups is 1. The second kappa shape index (κ2) is 35.9. The van der Waals surface area contributed by atoms with Gasteiger partial charge < -0.3 is 28.8 Å². The Kier molecular flexibility index (Phi) is 34.7. The van der Waals surface area contributed by atoms with Gasteiger partial charge in [-0.3, -0.25) is 9.36 Å². The average Bonchev–Trinajstić information content (AvgIpc) is 3.10. The summed E-state index contributed by atoms with van der Waals surface area (Å²) >= 11 is 0. The highest BCUT2D eigenvalue weighted by atomic mass is 31.2.